The molecule has 1 aliphatic carbocycles. The Labute approximate surface area is 254 Å². The first-order chi connectivity index (χ1) is 15.3. The van der Waals surface area contributed by atoms with Gasteiger partial charge in [-0.3, -0.25) is 9.69 Å². The van der Waals surface area contributed by atoms with Crippen LogP contribution in [-0.4, -0.2) is 65.3 Å². The summed E-state index contributed by atoms with van der Waals surface area (Å²) in [5, 5.41) is 22.2. The first-order valence-corrected chi connectivity index (χ1v) is 12.8. The van der Waals surface area contributed by atoms with Gasteiger partial charge in [-0.15, -0.1) is 0 Å². The van der Waals surface area contributed by atoms with E-state index in [4.69, 9.17) is 0 Å². The molecule has 1 atom stereocenters. The number of amides is 1. The molecule has 1 aliphatic heterocycles. The Kier molecular flexibility index (Phi) is 11.6. The fourth-order valence-corrected chi connectivity index (χ4v) is 5.92. The second kappa shape index (κ2) is 13.2. The van der Waals surface area contributed by atoms with Crippen molar-refractivity contribution < 1.29 is 60.4 Å². The van der Waals surface area contributed by atoms with Crippen molar-refractivity contribution in [3.63, 3.8) is 0 Å². The van der Waals surface area contributed by atoms with Gasteiger partial charge in [0.15, 0.2) is 0 Å². The van der Waals surface area contributed by atoms with Crippen molar-refractivity contribution in [2.24, 2.45) is 0 Å². The summed E-state index contributed by atoms with van der Waals surface area (Å²) in [5.74, 6) is -1.33. The molecular weight excluding hydrogens is 650 g/mol. The van der Waals surface area contributed by atoms with E-state index in [0.717, 1.165) is 43.5 Å². The Bertz CT molecular complexity index is 1000. The van der Waals surface area contributed by atoms with E-state index < -0.39 is 17.9 Å². The van der Waals surface area contributed by atoms with Gasteiger partial charge >= 0.3 is 43.7 Å². The molecule has 2 aromatic rings. The van der Waals surface area contributed by atoms with Gasteiger partial charge in [-0.1, -0.05) is 0 Å². The van der Waals surface area contributed by atoms with Crippen LogP contribution in [0.2, 0.25) is 0 Å². The summed E-state index contributed by atoms with van der Waals surface area (Å²) in [4.78, 5) is 29.4. The zero-order valence-corrected chi connectivity index (χ0v) is 23.7. The van der Waals surface area contributed by atoms with Gasteiger partial charge in [0.1, 0.15) is 11.8 Å². The fraction of sp³-hybridized carbons (Fsp3) is 0.391. The SMILES string of the molecule is O=C(NC(Cc1cc(I)c(O)c(I)c1)C(=O)O)c1ccc(N2CCN(C3CC3)CC2)cc1.[H-].[H-].[Li+].[Li+]. The van der Waals surface area contributed by atoms with Crippen LogP contribution >= 0.6 is 45.2 Å². The normalized spacial score (nSPS) is 16.7. The number of aliphatic carboxylic acids is 1. The third-order valence-corrected chi connectivity index (χ3v) is 7.64. The molecule has 1 amide bonds. The topological polar surface area (TPSA) is 93.1 Å². The molecule has 2 aromatic carbocycles. The first kappa shape index (κ1) is 29.8. The second-order valence-electron chi connectivity index (χ2n) is 8.28. The van der Waals surface area contributed by atoms with Crippen molar-refractivity contribution in [1.29, 1.82) is 0 Å². The number of nitrogens with zero attached hydrogens (tertiary/aromatic N) is 2. The van der Waals surface area contributed by atoms with Crippen LogP contribution in [0.3, 0.4) is 0 Å². The molecule has 34 heavy (non-hydrogen) atoms. The fourth-order valence-electron chi connectivity index (χ4n) is 4.02. The molecule has 7 nitrogen and oxygen atoms in total. The number of carbonyl (C=O) groups is 2. The van der Waals surface area contributed by atoms with Gasteiger partial charge in [0.2, 0.25) is 0 Å². The van der Waals surface area contributed by atoms with Gasteiger partial charge in [0.05, 0.1) is 7.14 Å². The van der Waals surface area contributed by atoms with E-state index in [0.29, 0.717) is 12.7 Å². The minimum Gasteiger partial charge on any atom is -1.00 e. The molecule has 1 saturated heterocycles. The van der Waals surface area contributed by atoms with E-state index in [1.165, 1.54) is 12.8 Å². The zero-order valence-electron chi connectivity index (χ0n) is 21.4. The van der Waals surface area contributed by atoms with Gasteiger partial charge in [0, 0.05) is 49.9 Å². The number of piperazine rings is 1. The predicted molar refractivity (Wildman–Crippen MR) is 142 cm³/mol. The minimum absolute atomic E-state index is 0. The number of hydrogen-bond acceptors (Lipinski definition) is 5. The van der Waals surface area contributed by atoms with E-state index in [1.807, 2.05) is 57.3 Å². The molecule has 11 heteroatoms. The van der Waals surface area contributed by atoms with E-state index in [-0.39, 0.29) is 52.7 Å². The molecule has 0 bridgehead atoms. The molecule has 1 heterocycles. The van der Waals surface area contributed by atoms with Gasteiger partial charge in [-0.25, -0.2) is 4.79 Å². The van der Waals surface area contributed by atoms with Crippen molar-refractivity contribution in [1.82, 2.24) is 10.2 Å². The molecule has 1 saturated carbocycles. The number of phenolic OH excluding ortho intramolecular Hbond substituents is 1. The minimum atomic E-state index is -1.10. The third-order valence-electron chi connectivity index (χ3n) is 5.99. The predicted octanol–water partition coefficient (Wildman–Crippen LogP) is -2.46. The van der Waals surface area contributed by atoms with Crippen molar-refractivity contribution in [2.75, 3.05) is 31.1 Å². The number of hydrogen-bond donors (Lipinski definition) is 3. The number of anilines is 1. The molecule has 2 fully saturated rings. The first-order valence-electron chi connectivity index (χ1n) is 10.6. The maximum atomic E-state index is 12.7. The van der Waals surface area contributed by atoms with Crippen LogP contribution in [0.25, 0.3) is 0 Å². The standard InChI is InChI=1S/C23H25I2N3O4.2Li.2H/c24-18-11-14(12-19(25)21(18)29)13-20(23(31)32)26-22(30)15-1-3-16(4-2-15)27-7-9-28(10-8-27)17-5-6-17;;;;/h1-4,11-12,17,20,29H,5-10,13H2,(H,26,30)(H,31,32);;;;/q;2*+1;2*-1. The van der Waals surface area contributed by atoms with E-state index >= 15 is 0 Å². The average molecular weight is 677 g/mol. The largest absolute Gasteiger partial charge is 1.00 e. The Morgan fingerprint density at radius 3 is 2.09 bits per heavy atom. The van der Waals surface area contributed by atoms with Crippen molar-refractivity contribution in [2.45, 2.75) is 31.3 Å². The Morgan fingerprint density at radius 2 is 1.59 bits per heavy atom. The third kappa shape index (κ3) is 7.55. The maximum Gasteiger partial charge on any atom is 1.00 e. The number of carboxylic acids is 1. The molecule has 4 rings (SSSR count). The quantitative estimate of drug-likeness (QED) is 0.223. The van der Waals surface area contributed by atoms with Crippen LogP contribution in [-0.2, 0) is 11.2 Å². The summed E-state index contributed by atoms with van der Waals surface area (Å²) in [7, 11) is 0. The number of carboxylic acid groups (broad SMARTS) is 1. The average Bonchev–Trinajstić information content (AvgIpc) is 3.62. The number of nitrogens with one attached hydrogen (secondary N) is 1. The Morgan fingerprint density at radius 1 is 1.03 bits per heavy atom. The molecule has 1 unspecified atom stereocenters. The summed E-state index contributed by atoms with van der Waals surface area (Å²) < 4.78 is 1.29. The van der Waals surface area contributed by atoms with Gasteiger partial charge < -0.3 is 23.3 Å². The Hall–Kier alpha value is -0.405. The van der Waals surface area contributed by atoms with Crippen LogP contribution in [0.5, 0.6) is 5.75 Å². The molecular formula is C23H27I2Li2N3O4. The summed E-state index contributed by atoms with van der Waals surface area (Å²) in [6.45, 7) is 4.10. The summed E-state index contributed by atoms with van der Waals surface area (Å²) in [6, 6.07) is 10.6. The van der Waals surface area contributed by atoms with Gasteiger partial charge in [-0.2, -0.15) is 0 Å². The van der Waals surface area contributed by atoms with Crippen LogP contribution in [0.1, 0.15) is 31.6 Å². The van der Waals surface area contributed by atoms with E-state index in [2.05, 4.69) is 15.1 Å². The van der Waals surface area contributed by atoms with Crippen molar-refractivity contribution in [3.8, 4) is 5.75 Å². The van der Waals surface area contributed by atoms with Crippen LogP contribution < -0.4 is 47.9 Å². The molecule has 0 radical (unpaired) electrons. The number of carbonyl (C=O) groups excluding carboxylic acids is 1. The number of rotatable bonds is 7. The molecule has 2 aliphatic rings. The second-order valence-corrected chi connectivity index (χ2v) is 10.6. The molecule has 0 spiro atoms. The van der Waals surface area contributed by atoms with Crippen LogP contribution in [0.4, 0.5) is 5.69 Å². The molecule has 0 aromatic heterocycles. The maximum absolute atomic E-state index is 12.7. The summed E-state index contributed by atoms with van der Waals surface area (Å²) in [6.07, 6.45) is 2.79. The van der Waals surface area contributed by atoms with E-state index in [1.54, 1.807) is 24.3 Å². The van der Waals surface area contributed by atoms with Gasteiger partial charge in [-0.05, 0) is 100.0 Å². The monoisotopic (exact) mass is 677 g/mol. The number of halogens is 2. The van der Waals surface area contributed by atoms with E-state index in [9.17, 15) is 19.8 Å². The zero-order chi connectivity index (χ0) is 22.8. The summed E-state index contributed by atoms with van der Waals surface area (Å²) >= 11 is 4.01. The Balaban J connectivity index is 0.00000306. The van der Waals surface area contributed by atoms with Crippen LogP contribution in [0.15, 0.2) is 36.4 Å². The van der Waals surface area contributed by atoms with Crippen molar-refractivity contribution >= 4 is 62.7 Å². The number of benzene rings is 2. The van der Waals surface area contributed by atoms with Crippen LogP contribution in [0, 0.1) is 7.14 Å². The summed E-state index contributed by atoms with van der Waals surface area (Å²) in [5.41, 5.74) is 2.26. The number of aromatic hydroxyl groups is 1. The molecule has 3 N–H and O–H groups in total. The van der Waals surface area contributed by atoms with Crippen molar-refractivity contribution in [3.05, 3.63) is 54.7 Å². The van der Waals surface area contributed by atoms with Gasteiger partial charge in [0.25, 0.3) is 5.91 Å². The number of phenols is 1. The molecule has 174 valence electrons. The smallest absolute Gasteiger partial charge is 1.00 e.